The molecule has 31 heavy (non-hydrogen) atoms. The molecule has 0 aliphatic heterocycles. The second-order valence-electron chi connectivity index (χ2n) is 9.18. The Hall–Kier alpha value is -2.04. The fourth-order valence-electron chi connectivity index (χ4n) is 5.51. The molecule has 2 aromatic rings. The van der Waals surface area contributed by atoms with Gasteiger partial charge in [0.15, 0.2) is 11.6 Å². The maximum atomic E-state index is 14.5. The molecule has 5 heteroatoms. The molecule has 1 unspecified atom stereocenters. The number of fused-ring (bicyclic) bond motifs is 1. The fraction of sp³-hybridized carbons (Fsp3) is 0.538. The molecular weight excluding hydrogens is 404 g/mol. The van der Waals surface area contributed by atoms with Crippen molar-refractivity contribution < 1.29 is 22.3 Å². The van der Waals surface area contributed by atoms with E-state index in [0.29, 0.717) is 24.3 Å². The van der Waals surface area contributed by atoms with Crippen LogP contribution in [0, 0.1) is 11.7 Å². The zero-order valence-electron chi connectivity index (χ0n) is 18.0. The van der Waals surface area contributed by atoms with E-state index in [1.807, 2.05) is 0 Å². The Bertz CT molecular complexity index is 880. The van der Waals surface area contributed by atoms with Gasteiger partial charge in [-0.3, -0.25) is 0 Å². The SMILES string of the molecule is CCCC1CCC(c2ccc(C3CCc4c(ccc(OC(F)(F)F)c4F)C3)cc2)CC1. The summed E-state index contributed by atoms with van der Waals surface area (Å²) >= 11 is 0. The van der Waals surface area contributed by atoms with Gasteiger partial charge >= 0.3 is 6.36 Å². The standard InChI is InChI=1S/C26H30F4O/c1-2-3-17-4-6-18(7-5-17)19-8-10-20(11-9-19)21-12-14-23-22(16-21)13-15-24(25(23)27)31-26(28,29)30/h8-11,13,15,17-18,21H,2-7,12,14,16H2,1H3. The van der Waals surface area contributed by atoms with Crippen molar-refractivity contribution in [3.63, 3.8) is 0 Å². The summed E-state index contributed by atoms with van der Waals surface area (Å²) in [6.45, 7) is 2.26. The van der Waals surface area contributed by atoms with Crippen LogP contribution in [0.15, 0.2) is 36.4 Å². The maximum Gasteiger partial charge on any atom is 0.573 e. The molecule has 2 aromatic carbocycles. The molecule has 168 valence electrons. The highest BCUT2D eigenvalue weighted by Crippen LogP contribution is 2.40. The highest BCUT2D eigenvalue weighted by molar-refractivity contribution is 5.41. The predicted octanol–water partition coefficient (Wildman–Crippen LogP) is 8.07. The van der Waals surface area contributed by atoms with Crippen molar-refractivity contribution in [2.45, 2.75) is 82.9 Å². The van der Waals surface area contributed by atoms with Crippen molar-refractivity contribution in [1.29, 1.82) is 0 Å². The summed E-state index contributed by atoms with van der Waals surface area (Å²) < 4.78 is 55.8. The zero-order valence-corrected chi connectivity index (χ0v) is 18.0. The maximum absolute atomic E-state index is 14.5. The highest BCUT2D eigenvalue weighted by Gasteiger charge is 2.34. The van der Waals surface area contributed by atoms with Gasteiger partial charge in [0.2, 0.25) is 0 Å². The smallest absolute Gasteiger partial charge is 0.403 e. The normalized spacial score (nSPS) is 24.0. The summed E-state index contributed by atoms with van der Waals surface area (Å²) in [4.78, 5) is 0. The summed E-state index contributed by atoms with van der Waals surface area (Å²) in [7, 11) is 0. The second kappa shape index (κ2) is 9.22. The summed E-state index contributed by atoms with van der Waals surface area (Å²) in [5, 5.41) is 0. The van der Waals surface area contributed by atoms with Gasteiger partial charge in [0.25, 0.3) is 0 Å². The number of hydrogen-bond donors (Lipinski definition) is 0. The topological polar surface area (TPSA) is 9.23 Å². The van der Waals surface area contributed by atoms with Crippen LogP contribution in [0.2, 0.25) is 0 Å². The Morgan fingerprint density at radius 2 is 1.52 bits per heavy atom. The Kier molecular flexibility index (Phi) is 6.59. The molecule has 0 aromatic heterocycles. The van der Waals surface area contributed by atoms with E-state index in [0.717, 1.165) is 24.0 Å². The minimum absolute atomic E-state index is 0.260. The molecule has 0 spiro atoms. The molecule has 1 fully saturated rings. The second-order valence-corrected chi connectivity index (χ2v) is 9.18. The van der Waals surface area contributed by atoms with Gasteiger partial charge in [0, 0.05) is 0 Å². The van der Waals surface area contributed by atoms with Gasteiger partial charge in [0.1, 0.15) is 0 Å². The number of benzene rings is 2. The molecule has 0 radical (unpaired) electrons. The van der Waals surface area contributed by atoms with Crippen molar-refractivity contribution in [3.05, 3.63) is 64.5 Å². The van der Waals surface area contributed by atoms with Crippen LogP contribution in [0.25, 0.3) is 0 Å². The summed E-state index contributed by atoms with van der Waals surface area (Å²) in [5.41, 5.74) is 3.78. The molecule has 1 saturated carbocycles. The van der Waals surface area contributed by atoms with Crippen LogP contribution < -0.4 is 4.74 Å². The molecule has 0 bridgehead atoms. The molecule has 0 N–H and O–H groups in total. The lowest BCUT2D eigenvalue weighted by molar-refractivity contribution is -0.275. The van der Waals surface area contributed by atoms with Crippen molar-refractivity contribution in [2.24, 2.45) is 5.92 Å². The molecule has 0 saturated heterocycles. The van der Waals surface area contributed by atoms with E-state index in [1.54, 1.807) is 6.07 Å². The minimum atomic E-state index is -4.89. The lowest BCUT2D eigenvalue weighted by Gasteiger charge is -2.29. The van der Waals surface area contributed by atoms with Gasteiger partial charge in [-0.15, -0.1) is 13.2 Å². The van der Waals surface area contributed by atoms with E-state index in [-0.39, 0.29) is 5.92 Å². The van der Waals surface area contributed by atoms with Gasteiger partial charge < -0.3 is 4.74 Å². The first-order valence-electron chi connectivity index (χ1n) is 11.5. The number of ether oxygens (including phenoxy) is 1. The van der Waals surface area contributed by atoms with E-state index in [2.05, 4.69) is 35.9 Å². The van der Waals surface area contributed by atoms with E-state index < -0.39 is 17.9 Å². The average Bonchev–Trinajstić information content (AvgIpc) is 2.76. The third kappa shape index (κ3) is 5.24. The van der Waals surface area contributed by atoms with Gasteiger partial charge in [-0.25, -0.2) is 4.39 Å². The lowest BCUT2D eigenvalue weighted by Crippen LogP contribution is -2.20. The largest absolute Gasteiger partial charge is 0.573 e. The Morgan fingerprint density at radius 1 is 0.871 bits per heavy atom. The number of alkyl halides is 3. The van der Waals surface area contributed by atoms with Crippen LogP contribution in [0.4, 0.5) is 17.6 Å². The van der Waals surface area contributed by atoms with Gasteiger partial charge in [-0.05, 0) is 91.0 Å². The van der Waals surface area contributed by atoms with Crippen molar-refractivity contribution >= 4 is 0 Å². The quantitative estimate of drug-likeness (QED) is 0.432. The number of halogens is 4. The molecule has 2 aliphatic rings. The van der Waals surface area contributed by atoms with E-state index in [4.69, 9.17) is 0 Å². The predicted molar refractivity (Wildman–Crippen MR) is 114 cm³/mol. The van der Waals surface area contributed by atoms with Crippen LogP contribution in [-0.4, -0.2) is 6.36 Å². The van der Waals surface area contributed by atoms with E-state index in [1.165, 1.54) is 49.7 Å². The van der Waals surface area contributed by atoms with Gasteiger partial charge in [-0.2, -0.15) is 0 Å². The van der Waals surface area contributed by atoms with Crippen LogP contribution >= 0.6 is 0 Å². The first-order chi connectivity index (χ1) is 14.8. The number of hydrogen-bond acceptors (Lipinski definition) is 1. The zero-order chi connectivity index (χ0) is 22.0. The lowest BCUT2D eigenvalue weighted by atomic mass is 9.76. The first kappa shape index (κ1) is 22.2. The van der Waals surface area contributed by atoms with E-state index in [9.17, 15) is 17.6 Å². The number of rotatable bonds is 5. The average molecular weight is 435 g/mol. The summed E-state index contributed by atoms with van der Waals surface area (Å²) in [5.74, 6) is 0.196. The molecular formula is C26H30F4O. The van der Waals surface area contributed by atoms with Crippen LogP contribution in [0.5, 0.6) is 5.75 Å². The fourth-order valence-corrected chi connectivity index (χ4v) is 5.51. The molecule has 1 nitrogen and oxygen atoms in total. The Balaban J connectivity index is 1.41. The highest BCUT2D eigenvalue weighted by atomic mass is 19.4. The summed E-state index contributed by atoms with van der Waals surface area (Å²) in [6.07, 6.45) is 4.70. The first-order valence-corrected chi connectivity index (χ1v) is 11.5. The molecule has 0 heterocycles. The van der Waals surface area contributed by atoms with Gasteiger partial charge in [0.05, 0.1) is 0 Å². The van der Waals surface area contributed by atoms with Crippen LogP contribution in [0.3, 0.4) is 0 Å². The minimum Gasteiger partial charge on any atom is -0.403 e. The molecule has 1 atom stereocenters. The van der Waals surface area contributed by atoms with Gasteiger partial charge in [-0.1, -0.05) is 50.1 Å². The summed E-state index contributed by atoms with van der Waals surface area (Å²) in [6, 6.07) is 11.6. The monoisotopic (exact) mass is 434 g/mol. The third-order valence-electron chi connectivity index (χ3n) is 7.16. The molecule has 2 aliphatic carbocycles. The van der Waals surface area contributed by atoms with E-state index >= 15 is 0 Å². The Labute approximate surface area is 181 Å². The van der Waals surface area contributed by atoms with Crippen LogP contribution in [0.1, 0.15) is 86.0 Å². The third-order valence-corrected chi connectivity index (χ3v) is 7.16. The molecule has 4 rings (SSSR count). The van der Waals surface area contributed by atoms with Crippen molar-refractivity contribution in [3.8, 4) is 5.75 Å². The van der Waals surface area contributed by atoms with Crippen LogP contribution in [-0.2, 0) is 12.8 Å². The van der Waals surface area contributed by atoms with Crippen molar-refractivity contribution in [1.82, 2.24) is 0 Å². The Morgan fingerprint density at radius 3 is 2.13 bits per heavy atom. The van der Waals surface area contributed by atoms with Crippen molar-refractivity contribution in [2.75, 3.05) is 0 Å². The molecule has 0 amide bonds.